The third-order valence-electron chi connectivity index (χ3n) is 5.99. The number of likely N-dealkylation sites (N-methyl/N-ethyl adjacent to an activating group) is 1. The smallest absolute Gasteiger partial charge is 0.238 e. The monoisotopic (exact) mass is 377 g/mol. The molecule has 1 fully saturated rings. The highest BCUT2D eigenvalue weighted by atomic mass is 16.2. The Labute approximate surface area is 166 Å². The van der Waals surface area contributed by atoms with Crippen molar-refractivity contribution in [3.05, 3.63) is 65.7 Å². The van der Waals surface area contributed by atoms with E-state index in [1.807, 2.05) is 66.5 Å². The van der Waals surface area contributed by atoms with Gasteiger partial charge in [0.1, 0.15) is 0 Å². The van der Waals surface area contributed by atoms with Gasteiger partial charge in [0.15, 0.2) is 0 Å². The van der Waals surface area contributed by atoms with Gasteiger partial charge in [-0.05, 0) is 36.6 Å². The molecule has 0 bridgehead atoms. The molecule has 5 nitrogen and oxygen atoms in total. The Morgan fingerprint density at radius 3 is 2.61 bits per heavy atom. The van der Waals surface area contributed by atoms with E-state index in [0.29, 0.717) is 13.0 Å². The van der Waals surface area contributed by atoms with Crippen LogP contribution in [-0.4, -0.2) is 49.9 Å². The average Bonchev–Trinajstić information content (AvgIpc) is 2.93. The summed E-state index contributed by atoms with van der Waals surface area (Å²) in [6.45, 7) is 3.19. The molecule has 28 heavy (non-hydrogen) atoms. The quantitative estimate of drug-likeness (QED) is 0.890. The fourth-order valence-corrected chi connectivity index (χ4v) is 4.53. The van der Waals surface area contributed by atoms with Crippen molar-refractivity contribution >= 4 is 17.5 Å². The van der Waals surface area contributed by atoms with E-state index in [2.05, 4.69) is 5.32 Å². The molecule has 4 rings (SSSR count). The summed E-state index contributed by atoms with van der Waals surface area (Å²) < 4.78 is 0. The topological polar surface area (TPSA) is 52.7 Å². The number of benzene rings is 2. The second kappa shape index (κ2) is 7.76. The number of hydrogen-bond donors (Lipinski definition) is 1. The van der Waals surface area contributed by atoms with Crippen LogP contribution in [0, 0.1) is 0 Å². The molecule has 0 aliphatic carbocycles. The standard InChI is InChI=1S/C23H27N3O2/c1-25-20-11-6-5-10-19(20)23(22(25)28,16-18-8-3-2-4-9-18)17-21(27)26-14-7-12-24-13-15-26/h2-6,8-11,24H,7,12-17H2,1H3/t23-/m1/s1. The number of nitrogens with zero attached hydrogens (tertiary/aromatic N) is 2. The number of anilines is 1. The summed E-state index contributed by atoms with van der Waals surface area (Å²) >= 11 is 0. The summed E-state index contributed by atoms with van der Waals surface area (Å²) in [7, 11) is 1.81. The summed E-state index contributed by atoms with van der Waals surface area (Å²) in [5, 5.41) is 3.34. The predicted octanol–water partition coefficient (Wildman–Crippen LogP) is 2.36. The second-order valence-corrected chi connectivity index (χ2v) is 7.79. The van der Waals surface area contributed by atoms with Crippen LogP contribution in [-0.2, 0) is 21.4 Å². The molecule has 0 spiro atoms. The Hall–Kier alpha value is -2.66. The Kier molecular flexibility index (Phi) is 5.18. The molecule has 1 saturated heterocycles. The molecular weight excluding hydrogens is 350 g/mol. The first-order valence-electron chi connectivity index (χ1n) is 10.0. The van der Waals surface area contributed by atoms with E-state index in [0.717, 1.165) is 42.9 Å². The third kappa shape index (κ3) is 3.31. The fraction of sp³-hybridized carbons (Fsp3) is 0.391. The van der Waals surface area contributed by atoms with Crippen LogP contribution in [0.25, 0.3) is 0 Å². The Morgan fingerprint density at radius 1 is 1.04 bits per heavy atom. The van der Waals surface area contributed by atoms with Crippen molar-refractivity contribution < 1.29 is 9.59 Å². The van der Waals surface area contributed by atoms with E-state index in [-0.39, 0.29) is 18.2 Å². The van der Waals surface area contributed by atoms with Gasteiger partial charge in [-0.15, -0.1) is 0 Å². The van der Waals surface area contributed by atoms with Gasteiger partial charge in [-0.3, -0.25) is 9.59 Å². The minimum Gasteiger partial charge on any atom is -0.341 e. The van der Waals surface area contributed by atoms with Gasteiger partial charge in [0.05, 0.1) is 5.41 Å². The summed E-state index contributed by atoms with van der Waals surface area (Å²) in [5.41, 5.74) is 2.11. The van der Waals surface area contributed by atoms with Gasteiger partial charge in [0.2, 0.25) is 11.8 Å². The van der Waals surface area contributed by atoms with Gasteiger partial charge in [-0.1, -0.05) is 48.5 Å². The minimum atomic E-state index is -0.844. The largest absolute Gasteiger partial charge is 0.341 e. The predicted molar refractivity (Wildman–Crippen MR) is 110 cm³/mol. The lowest BCUT2D eigenvalue weighted by atomic mass is 9.73. The maximum atomic E-state index is 13.5. The summed E-state index contributed by atoms with van der Waals surface area (Å²) in [6.07, 6.45) is 1.69. The molecule has 0 saturated carbocycles. The van der Waals surface area contributed by atoms with E-state index in [4.69, 9.17) is 0 Å². The first kappa shape index (κ1) is 18.7. The zero-order chi connectivity index (χ0) is 19.6. The number of para-hydroxylation sites is 1. The van der Waals surface area contributed by atoms with Crippen LogP contribution in [0.4, 0.5) is 5.69 Å². The third-order valence-corrected chi connectivity index (χ3v) is 5.99. The Bertz CT molecular complexity index is 859. The highest BCUT2D eigenvalue weighted by Crippen LogP contribution is 2.45. The second-order valence-electron chi connectivity index (χ2n) is 7.79. The fourth-order valence-electron chi connectivity index (χ4n) is 4.53. The van der Waals surface area contributed by atoms with Gasteiger partial charge in [0.25, 0.3) is 0 Å². The summed E-state index contributed by atoms with van der Waals surface area (Å²) in [4.78, 5) is 30.4. The van der Waals surface area contributed by atoms with Crippen LogP contribution >= 0.6 is 0 Å². The van der Waals surface area contributed by atoms with E-state index in [9.17, 15) is 9.59 Å². The van der Waals surface area contributed by atoms with Crippen molar-refractivity contribution in [3.63, 3.8) is 0 Å². The zero-order valence-corrected chi connectivity index (χ0v) is 16.4. The normalized spacial score (nSPS) is 22.1. The van der Waals surface area contributed by atoms with Crippen molar-refractivity contribution in [2.24, 2.45) is 0 Å². The molecule has 2 aliphatic heterocycles. The number of hydrogen-bond acceptors (Lipinski definition) is 3. The lowest BCUT2D eigenvalue weighted by Gasteiger charge is -2.31. The van der Waals surface area contributed by atoms with E-state index in [1.54, 1.807) is 4.90 Å². The van der Waals surface area contributed by atoms with Gasteiger partial charge >= 0.3 is 0 Å². The van der Waals surface area contributed by atoms with Crippen molar-refractivity contribution in [1.82, 2.24) is 10.2 Å². The first-order chi connectivity index (χ1) is 13.6. The van der Waals surface area contributed by atoms with Gasteiger partial charge in [-0.2, -0.15) is 0 Å². The molecule has 2 aromatic carbocycles. The number of amides is 2. The van der Waals surface area contributed by atoms with Crippen molar-refractivity contribution in [2.45, 2.75) is 24.7 Å². The van der Waals surface area contributed by atoms with Gasteiger partial charge < -0.3 is 15.1 Å². The summed E-state index contributed by atoms with van der Waals surface area (Å²) in [5.74, 6) is 0.0805. The Morgan fingerprint density at radius 2 is 1.79 bits per heavy atom. The molecule has 0 aromatic heterocycles. The van der Waals surface area contributed by atoms with Crippen molar-refractivity contribution in [2.75, 3.05) is 38.1 Å². The SMILES string of the molecule is CN1C(=O)[C@@](CC(=O)N2CCCNCC2)(Cc2ccccc2)c2ccccc21. The van der Waals surface area contributed by atoms with E-state index in [1.165, 1.54) is 0 Å². The lowest BCUT2D eigenvalue weighted by molar-refractivity contribution is -0.136. The molecule has 2 aromatic rings. The highest BCUT2D eigenvalue weighted by molar-refractivity contribution is 6.09. The maximum absolute atomic E-state index is 13.5. The molecule has 0 radical (unpaired) electrons. The molecule has 5 heteroatoms. The summed E-state index contributed by atoms with van der Waals surface area (Å²) in [6, 6.07) is 17.9. The van der Waals surface area contributed by atoms with Gasteiger partial charge in [0, 0.05) is 38.8 Å². The molecule has 2 heterocycles. The molecule has 146 valence electrons. The van der Waals surface area contributed by atoms with Crippen molar-refractivity contribution in [3.8, 4) is 0 Å². The van der Waals surface area contributed by atoms with Gasteiger partial charge in [-0.25, -0.2) is 0 Å². The van der Waals surface area contributed by atoms with Crippen molar-refractivity contribution in [1.29, 1.82) is 0 Å². The molecular formula is C23H27N3O2. The van der Waals surface area contributed by atoms with Crippen LogP contribution in [0.5, 0.6) is 0 Å². The Balaban J connectivity index is 1.72. The maximum Gasteiger partial charge on any atom is 0.238 e. The molecule has 0 unspecified atom stereocenters. The zero-order valence-electron chi connectivity index (χ0n) is 16.4. The number of nitrogens with one attached hydrogen (secondary N) is 1. The molecule has 1 atom stereocenters. The minimum absolute atomic E-state index is 0.0128. The average molecular weight is 377 g/mol. The number of carbonyl (C=O) groups excluding carboxylic acids is 2. The number of fused-ring (bicyclic) bond motifs is 1. The molecule has 2 amide bonds. The van der Waals surface area contributed by atoms with Crippen LogP contribution < -0.4 is 10.2 Å². The van der Waals surface area contributed by atoms with Crippen LogP contribution in [0.3, 0.4) is 0 Å². The highest BCUT2D eigenvalue weighted by Gasteiger charge is 2.51. The van der Waals surface area contributed by atoms with Crippen LogP contribution in [0.1, 0.15) is 24.0 Å². The van der Waals surface area contributed by atoms with Crippen LogP contribution in [0.15, 0.2) is 54.6 Å². The molecule has 2 aliphatic rings. The number of rotatable bonds is 4. The van der Waals surface area contributed by atoms with E-state index >= 15 is 0 Å². The van der Waals surface area contributed by atoms with Crippen LogP contribution in [0.2, 0.25) is 0 Å². The lowest BCUT2D eigenvalue weighted by Crippen LogP contribution is -2.46. The van der Waals surface area contributed by atoms with E-state index < -0.39 is 5.41 Å². The number of carbonyl (C=O) groups is 2. The first-order valence-corrected chi connectivity index (χ1v) is 10.0. The molecule has 1 N–H and O–H groups in total.